The predicted octanol–water partition coefficient (Wildman–Crippen LogP) is 2.24. The van der Waals surface area contributed by atoms with Crippen molar-refractivity contribution >= 4 is 23.8 Å². The molecule has 0 saturated carbocycles. The van der Waals surface area contributed by atoms with Gasteiger partial charge in [-0.25, -0.2) is 4.79 Å². The fourth-order valence-electron chi connectivity index (χ4n) is 1.72. The number of nitrogens with one attached hydrogen (secondary N) is 1. The molecule has 0 aromatic heterocycles. The number of rotatable bonds is 5. The Kier molecular flexibility index (Phi) is 6.67. The molecule has 1 N–H and O–H groups in total. The van der Waals surface area contributed by atoms with E-state index in [1.54, 1.807) is 20.8 Å². The van der Waals surface area contributed by atoms with Crippen molar-refractivity contribution in [3.63, 3.8) is 0 Å². The topological polar surface area (TPSA) is 108 Å². The van der Waals surface area contributed by atoms with E-state index in [4.69, 9.17) is 14.2 Å². The first-order valence-corrected chi connectivity index (χ1v) is 7.49. The maximum atomic E-state index is 12.2. The van der Waals surface area contributed by atoms with Crippen molar-refractivity contribution in [3.8, 4) is 11.5 Å². The molecule has 0 spiro atoms. The minimum absolute atomic E-state index is 0.0133. The van der Waals surface area contributed by atoms with Gasteiger partial charge in [0.05, 0.1) is 6.54 Å². The first kappa shape index (κ1) is 20.1. The lowest BCUT2D eigenvalue weighted by Crippen LogP contribution is -2.35. The Morgan fingerprint density at radius 3 is 2.04 bits per heavy atom. The molecule has 0 fully saturated rings. The molecule has 1 aromatic rings. The maximum absolute atomic E-state index is 12.2. The summed E-state index contributed by atoms with van der Waals surface area (Å²) in [5.41, 5.74) is -0.510. The van der Waals surface area contributed by atoms with Crippen molar-refractivity contribution in [3.05, 3.63) is 23.8 Å². The van der Waals surface area contributed by atoms with Gasteiger partial charge in [0, 0.05) is 19.4 Å². The fraction of sp³-hybridized carbons (Fsp3) is 0.412. The Labute approximate surface area is 145 Å². The van der Waals surface area contributed by atoms with Crippen LogP contribution in [0.15, 0.2) is 18.2 Å². The molecule has 0 saturated heterocycles. The van der Waals surface area contributed by atoms with E-state index in [1.165, 1.54) is 32.0 Å². The SMILES string of the molecule is CC(=O)Oc1ccc(C(=O)CNC(=O)OC(C)(C)C)cc1OC(C)=O. The van der Waals surface area contributed by atoms with E-state index in [9.17, 15) is 19.2 Å². The number of Topliss-reactive ketones (excluding diaryl/α,β-unsaturated/α-hetero) is 1. The molecule has 0 aliphatic heterocycles. The van der Waals surface area contributed by atoms with E-state index in [2.05, 4.69) is 5.32 Å². The molecular formula is C17H21NO7. The highest BCUT2D eigenvalue weighted by atomic mass is 16.6. The zero-order chi connectivity index (χ0) is 19.2. The fourth-order valence-corrected chi connectivity index (χ4v) is 1.72. The van der Waals surface area contributed by atoms with E-state index >= 15 is 0 Å². The molecule has 1 rings (SSSR count). The van der Waals surface area contributed by atoms with Crippen molar-refractivity contribution in [2.75, 3.05) is 6.54 Å². The number of benzene rings is 1. The van der Waals surface area contributed by atoms with Crippen molar-refractivity contribution in [2.45, 2.75) is 40.2 Å². The van der Waals surface area contributed by atoms with Gasteiger partial charge in [0.1, 0.15) is 5.60 Å². The summed E-state index contributed by atoms with van der Waals surface area (Å²) in [6, 6.07) is 3.99. The van der Waals surface area contributed by atoms with Gasteiger partial charge in [0.25, 0.3) is 0 Å². The summed E-state index contributed by atoms with van der Waals surface area (Å²) in [6.45, 7) is 7.17. The van der Waals surface area contributed by atoms with Crippen LogP contribution in [0, 0.1) is 0 Å². The monoisotopic (exact) mass is 351 g/mol. The van der Waals surface area contributed by atoms with Crippen LogP contribution in [0.5, 0.6) is 11.5 Å². The molecule has 0 aliphatic rings. The lowest BCUT2D eigenvalue weighted by molar-refractivity contribution is -0.134. The Balaban J connectivity index is 2.86. The van der Waals surface area contributed by atoms with Gasteiger partial charge < -0.3 is 19.5 Å². The third-order valence-corrected chi connectivity index (χ3v) is 2.57. The van der Waals surface area contributed by atoms with Crippen LogP contribution < -0.4 is 14.8 Å². The molecule has 1 aromatic carbocycles. The lowest BCUT2D eigenvalue weighted by Gasteiger charge is -2.19. The number of hydrogen-bond donors (Lipinski definition) is 1. The number of alkyl carbamates (subject to hydrolysis) is 1. The molecule has 0 unspecified atom stereocenters. The van der Waals surface area contributed by atoms with Crippen molar-refractivity contribution in [1.82, 2.24) is 5.32 Å². The number of esters is 2. The van der Waals surface area contributed by atoms with Gasteiger partial charge in [0.15, 0.2) is 17.3 Å². The summed E-state index contributed by atoms with van der Waals surface area (Å²) in [7, 11) is 0. The first-order valence-electron chi connectivity index (χ1n) is 7.49. The zero-order valence-corrected chi connectivity index (χ0v) is 14.8. The highest BCUT2D eigenvalue weighted by molar-refractivity contribution is 5.99. The minimum Gasteiger partial charge on any atom is -0.444 e. The van der Waals surface area contributed by atoms with Crippen LogP contribution >= 0.6 is 0 Å². The second kappa shape index (κ2) is 8.27. The second-order valence-electron chi connectivity index (χ2n) is 6.13. The Bertz CT molecular complexity index is 689. The molecular weight excluding hydrogens is 330 g/mol. The predicted molar refractivity (Wildman–Crippen MR) is 87.6 cm³/mol. The largest absolute Gasteiger partial charge is 0.444 e. The molecule has 0 aliphatic carbocycles. The highest BCUT2D eigenvalue weighted by Gasteiger charge is 2.18. The van der Waals surface area contributed by atoms with Crippen molar-refractivity contribution < 1.29 is 33.4 Å². The summed E-state index contributed by atoms with van der Waals surface area (Å²) in [5, 5.41) is 2.34. The van der Waals surface area contributed by atoms with Crippen LogP contribution in [0.3, 0.4) is 0 Å². The normalized spacial score (nSPS) is 10.6. The maximum Gasteiger partial charge on any atom is 0.408 e. The van der Waals surface area contributed by atoms with Crippen LogP contribution in [-0.4, -0.2) is 36.0 Å². The van der Waals surface area contributed by atoms with Crippen LogP contribution in [-0.2, 0) is 14.3 Å². The third kappa shape index (κ3) is 7.47. The quantitative estimate of drug-likeness (QED) is 0.492. The standard InChI is InChI=1S/C17H21NO7/c1-10(19)23-14-7-6-12(8-15(14)24-11(2)20)13(21)9-18-16(22)25-17(3,4)5/h6-8H,9H2,1-5H3,(H,18,22). The third-order valence-electron chi connectivity index (χ3n) is 2.57. The van der Waals surface area contributed by atoms with Gasteiger partial charge in [-0.2, -0.15) is 0 Å². The summed E-state index contributed by atoms with van der Waals surface area (Å²) in [4.78, 5) is 46.0. The number of carbonyl (C=O) groups excluding carboxylic acids is 4. The molecule has 25 heavy (non-hydrogen) atoms. The molecule has 0 radical (unpaired) electrons. The van der Waals surface area contributed by atoms with Gasteiger partial charge >= 0.3 is 18.0 Å². The first-order chi connectivity index (χ1) is 11.5. The molecule has 0 heterocycles. The summed E-state index contributed by atoms with van der Waals surface area (Å²) >= 11 is 0. The molecule has 0 atom stereocenters. The van der Waals surface area contributed by atoms with Crippen molar-refractivity contribution in [1.29, 1.82) is 0 Å². The van der Waals surface area contributed by atoms with Crippen molar-refractivity contribution in [2.24, 2.45) is 0 Å². The summed E-state index contributed by atoms with van der Waals surface area (Å²) in [5.74, 6) is -1.72. The van der Waals surface area contributed by atoms with Gasteiger partial charge in [-0.05, 0) is 39.0 Å². The van der Waals surface area contributed by atoms with E-state index in [0.717, 1.165) is 0 Å². The smallest absolute Gasteiger partial charge is 0.408 e. The number of carbonyl (C=O) groups is 4. The molecule has 8 nitrogen and oxygen atoms in total. The number of hydrogen-bond acceptors (Lipinski definition) is 7. The molecule has 8 heteroatoms. The van der Waals surface area contributed by atoms with E-state index in [1.807, 2.05) is 0 Å². The van der Waals surface area contributed by atoms with E-state index < -0.39 is 29.4 Å². The van der Waals surface area contributed by atoms with Gasteiger partial charge in [-0.15, -0.1) is 0 Å². The molecule has 0 bridgehead atoms. The Morgan fingerprint density at radius 1 is 0.960 bits per heavy atom. The van der Waals surface area contributed by atoms with Crippen LogP contribution in [0.4, 0.5) is 4.79 Å². The minimum atomic E-state index is -0.724. The molecule has 136 valence electrons. The summed E-state index contributed by atoms with van der Waals surface area (Å²) < 4.78 is 14.9. The van der Waals surface area contributed by atoms with E-state index in [0.29, 0.717) is 0 Å². The van der Waals surface area contributed by atoms with Crippen LogP contribution in [0.25, 0.3) is 0 Å². The number of ether oxygens (including phenoxy) is 3. The van der Waals surface area contributed by atoms with Gasteiger partial charge in [-0.1, -0.05) is 0 Å². The molecule has 1 amide bonds. The number of amides is 1. The Hall–Kier alpha value is -2.90. The van der Waals surface area contributed by atoms with Crippen LogP contribution in [0.1, 0.15) is 45.0 Å². The zero-order valence-electron chi connectivity index (χ0n) is 14.8. The number of ketones is 1. The average molecular weight is 351 g/mol. The van der Waals surface area contributed by atoms with Gasteiger partial charge in [0.2, 0.25) is 0 Å². The lowest BCUT2D eigenvalue weighted by atomic mass is 10.1. The average Bonchev–Trinajstić information content (AvgIpc) is 2.43. The van der Waals surface area contributed by atoms with Gasteiger partial charge in [-0.3, -0.25) is 14.4 Å². The highest BCUT2D eigenvalue weighted by Crippen LogP contribution is 2.29. The second-order valence-corrected chi connectivity index (χ2v) is 6.13. The van der Waals surface area contributed by atoms with Crippen LogP contribution in [0.2, 0.25) is 0 Å². The summed E-state index contributed by atoms with van der Waals surface area (Å²) in [6.07, 6.45) is -0.724. The Morgan fingerprint density at radius 2 is 1.52 bits per heavy atom. The van der Waals surface area contributed by atoms with E-state index in [-0.39, 0.29) is 23.6 Å².